The van der Waals surface area contributed by atoms with E-state index in [4.69, 9.17) is 4.99 Å². The van der Waals surface area contributed by atoms with Gasteiger partial charge in [-0.2, -0.15) is 0 Å². The van der Waals surface area contributed by atoms with Gasteiger partial charge in [0.15, 0.2) is 5.96 Å². The van der Waals surface area contributed by atoms with Gasteiger partial charge in [-0.05, 0) is 48.9 Å². The van der Waals surface area contributed by atoms with Crippen molar-refractivity contribution in [1.29, 1.82) is 0 Å². The summed E-state index contributed by atoms with van der Waals surface area (Å²) in [6, 6.07) is 12.2. The van der Waals surface area contributed by atoms with Crippen LogP contribution in [0.15, 0.2) is 46.8 Å². The standard InChI is InChI=1S/C23H32N4OS/c1-4-24-22(26-16-23(2,3)20-12-7-13-29-20)25-15-17-8-5-11-19(14-17)27-21(28)18-9-6-10-18/h5,7-8,11-14,18H,4,6,9-10,15-16H2,1-3H3,(H,27,28)(H2,24,25,26). The van der Waals surface area contributed by atoms with Gasteiger partial charge in [0.05, 0.1) is 6.54 Å². The van der Waals surface area contributed by atoms with Gasteiger partial charge in [-0.25, -0.2) is 4.99 Å². The molecule has 0 saturated heterocycles. The van der Waals surface area contributed by atoms with Crippen molar-refractivity contribution in [3.8, 4) is 0 Å². The van der Waals surface area contributed by atoms with Crippen molar-refractivity contribution in [3.05, 3.63) is 52.2 Å². The number of benzene rings is 1. The third kappa shape index (κ3) is 6.07. The third-order valence-corrected chi connectivity index (χ3v) is 6.56. The van der Waals surface area contributed by atoms with Crippen LogP contribution in [0.25, 0.3) is 0 Å². The molecule has 5 nitrogen and oxygen atoms in total. The number of nitrogens with one attached hydrogen (secondary N) is 3. The molecule has 1 saturated carbocycles. The highest BCUT2D eigenvalue weighted by Gasteiger charge is 2.25. The quantitative estimate of drug-likeness (QED) is 0.441. The molecular weight excluding hydrogens is 380 g/mol. The highest BCUT2D eigenvalue weighted by Crippen LogP contribution is 2.28. The number of rotatable bonds is 8. The van der Waals surface area contributed by atoms with Crippen LogP contribution in [-0.2, 0) is 16.8 Å². The predicted octanol–water partition coefficient (Wildman–Crippen LogP) is 4.52. The predicted molar refractivity (Wildman–Crippen MR) is 123 cm³/mol. The van der Waals surface area contributed by atoms with Crippen LogP contribution in [0, 0.1) is 5.92 Å². The summed E-state index contributed by atoms with van der Waals surface area (Å²) in [4.78, 5) is 18.3. The van der Waals surface area contributed by atoms with Crippen LogP contribution in [-0.4, -0.2) is 25.0 Å². The van der Waals surface area contributed by atoms with Gasteiger partial charge < -0.3 is 16.0 Å². The maximum absolute atomic E-state index is 12.2. The molecule has 2 aromatic rings. The fourth-order valence-corrected chi connectivity index (χ4v) is 4.08. The van der Waals surface area contributed by atoms with E-state index in [0.717, 1.165) is 49.6 Å². The normalized spacial score (nSPS) is 14.9. The fourth-order valence-electron chi connectivity index (χ4n) is 3.23. The topological polar surface area (TPSA) is 65.5 Å². The summed E-state index contributed by atoms with van der Waals surface area (Å²) in [5.74, 6) is 1.14. The molecule has 3 N–H and O–H groups in total. The summed E-state index contributed by atoms with van der Waals surface area (Å²) in [6.45, 7) is 8.72. The monoisotopic (exact) mass is 412 g/mol. The third-order valence-electron chi connectivity index (χ3n) is 5.32. The molecular formula is C23H32N4OS. The van der Waals surface area contributed by atoms with Crippen LogP contribution in [0.4, 0.5) is 5.69 Å². The van der Waals surface area contributed by atoms with Gasteiger partial charge in [0.1, 0.15) is 0 Å². The Bertz CT molecular complexity index is 825. The van der Waals surface area contributed by atoms with Crippen LogP contribution in [0.2, 0.25) is 0 Å². The van der Waals surface area contributed by atoms with Gasteiger partial charge >= 0.3 is 0 Å². The summed E-state index contributed by atoms with van der Waals surface area (Å²) in [5.41, 5.74) is 1.97. The molecule has 0 spiro atoms. The van der Waals surface area contributed by atoms with Gasteiger partial charge in [0, 0.05) is 35.0 Å². The largest absolute Gasteiger partial charge is 0.357 e. The van der Waals surface area contributed by atoms with Crippen molar-refractivity contribution >= 4 is 28.9 Å². The van der Waals surface area contributed by atoms with Crippen molar-refractivity contribution in [2.75, 3.05) is 18.4 Å². The molecule has 156 valence electrons. The van der Waals surface area contributed by atoms with Gasteiger partial charge in [0.2, 0.25) is 5.91 Å². The molecule has 1 aliphatic rings. The van der Waals surface area contributed by atoms with Crippen LogP contribution in [0.1, 0.15) is 50.5 Å². The number of amides is 1. The number of carbonyl (C=O) groups is 1. The van der Waals surface area contributed by atoms with E-state index in [0.29, 0.717) is 6.54 Å². The van der Waals surface area contributed by atoms with E-state index >= 15 is 0 Å². The van der Waals surface area contributed by atoms with Crippen LogP contribution >= 0.6 is 11.3 Å². The molecule has 3 rings (SSSR count). The van der Waals surface area contributed by atoms with E-state index in [9.17, 15) is 4.79 Å². The number of guanidine groups is 1. The molecule has 1 aromatic carbocycles. The van der Waals surface area contributed by atoms with E-state index < -0.39 is 0 Å². The Balaban J connectivity index is 1.59. The second-order valence-corrected chi connectivity index (χ2v) is 9.18. The maximum Gasteiger partial charge on any atom is 0.227 e. The van der Waals surface area contributed by atoms with E-state index in [1.54, 1.807) is 11.3 Å². The summed E-state index contributed by atoms with van der Waals surface area (Å²) < 4.78 is 0. The van der Waals surface area contributed by atoms with Gasteiger partial charge in [-0.1, -0.05) is 38.5 Å². The minimum absolute atomic E-state index is 0.0378. The molecule has 29 heavy (non-hydrogen) atoms. The molecule has 0 bridgehead atoms. The Morgan fingerprint density at radius 3 is 2.69 bits per heavy atom. The Kier molecular flexibility index (Phi) is 7.31. The molecule has 1 aromatic heterocycles. The van der Waals surface area contributed by atoms with Crippen molar-refractivity contribution in [1.82, 2.24) is 10.6 Å². The second kappa shape index (κ2) is 9.92. The number of aliphatic imine (C=N–C) groups is 1. The number of anilines is 1. The lowest BCUT2D eigenvalue weighted by Crippen LogP contribution is -2.43. The molecule has 1 aliphatic carbocycles. The lowest BCUT2D eigenvalue weighted by Gasteiger charge is -2.25. The Morgan fingerprint density at radius 1 is 1.21 bits per heavy atom. The molecule has 6 heteroatoms. The molecule has 1 fully saturated rings. The van der Waals surface area contributed by atoms with Crippen LogP contribution < -0.4 is 16.0 Å². The highest BCUT2D eigenvalue weighted by molar-refractivity contribution is 7.10. The fraction of sp³-hybridized carbons (Fsp3) is 0.478. The average Bonchev–Trinajstić information content (AvgIpc) is 3.18. The summed E-state index contributed by atoms with van der Waals surface area (Å²) >= 11 is 1.78. The Hall–Kier alpha value is -2.34. The van der Waals surface area contributed by atoms with Crippen molar-refractivity contribution < 1.29 is 4.79 Å². The van der Waals surface area contributed by atoms with Gasteiger partial charge in [0.25, 0.3) is 0 Å². The first kappa shape index (κ1) is 21.4. The van der Waals surface area contributed by atoms with Crippen molar-refractivity contribution in [2.45, 2.75) is 52.0 Å². The highest BCUT2D eigenvalue weighted by atomic mass is 32.1. The lowest BCUT2D eigenvalue weighted by atomic mass is 9.85. The first-order valence-electron chi connectivity index (χ1n) is 10.4. The molecule has 1 amide bonds. The lowest BCUT2D eigenvalue weighted by molar-refractivity contribution is -0.122. The first-order chi connectivity index (χ1) is 14.0. The molecule has 0 atom stereocenters. The summed E-state index contributed by atoms with van der Waals surface area (Å²) in [5, 5.41) is 12.0. The van der Waals surface area contributed by atoms with E-state index in [-0.39, 0.29) is 17.2 Å². The Labute approximate surface area is 178 Å². The smallest absolute Gasteiger partial charge is 0.227 e. The summed E-state index contributed by atoms with van der Waals surface area (Å²) in [7, 11) is 0. The molecule has 0 aliphatic heterocycles. The first-order valence-corrected chi connectivity index (χ1v) is 11.3. The van der Waals surface area contributed by atoms with E-state index in [1.165, 1.54) is 4.88 Å². The number of carbonyl (C=O) groups excluding carboxylic acids is 1. The van der Waals surface area contributed by atoms with Gasteiger partial charge in [-0.15, -0.1) is 11.3 Å². The zero-order valence-corrected chi connectivity index (χ0v) is 18.4. The SMILES string of the molecule is CCNC(=NCc1cccc(NC(=O)C2CCC2)c1)NCC(C)(C)c1cccs1. The number of hydrogen-bond donors (Lipinski definition) is 3. The van der Waals surface area contributed by atoms with Crippen LogP contribution in [0.3, 0.4) is 0 Å². The number of nitrogens with zero attached hydrogens (tertiary/aromatic N) is 1. The zero-order chi connectivity index (χ0) is 20.7. The van der Waals surface area contributed by atoms with Gasteiger partial charge in [-0.3, -0.25) is 4.79 Å². The van der Waals surface area contributed by atoms with Crippen LogP contribution in [0.5, 0.6) is 0 Å². The minimum atomic E-state index is 0.0378. The second-order valence-electron chi connectivity index (χ2n) is 8.23. The minimum Gasteiger partial charge on any atom is -0.357 e. The molecule has 0 radical (unpaired) electrons. The Morgan fingerprint density at radius 2 is 2.03 bits per heavy atom. The zero-order valence-electron chi connectivity index (χ0n) is 17.6. The average molecular weight is 413 g/mol. The van der Waals surface area contributed by atoms with Crippen molar-refractivity contribution in [2.24, 2.45) is 10.9 Å². The molecule has 0 unspecified atom stereocenters. The van der Waals surface area contributed by atoms with E-state index in [2.05, 4.69) is 54.2 Å². The van der Waals surface area contributed by atoms with E-state index in [1.807, 2.05) is 24.3 Å². The van der Waals surface area contributed by atoms with Crippen molar-refractivity contribution in [3.63, 3.8) is 0 Å². The summed E-state index contributed by atoms with van der Waals surface area (Å²) in [6.07, 6.45) is 3.18. The number of hydrogen-bond acceptors (Lipinski definition) is 3. The maximum atomic E-state index is 12.2. The number of thiophene rings is 1. The molecule has 1 heterocycles.